The van der Waals surface area contributed by atoms with E-state index < -0.39 is 0 Å². The van der Waals surface area contributed by atoms with Gasteiger partial charge in [-0.2, -0.15) is 0 Å². The molecule has 1 N–H and O–H groups in total. The third kappa shape index (κ3) is 2.79. The van der Waals surface area contributed by atoms with Crippen molar-refractivity contribution in [3.05, 3.63) is 17.5 Å². The molecule has 82 valence electrons. The van der Waals surface area contributed by atoms with E-state index in [0.29, 0.717) is 11.1 Å². The molecule has 0 amide bonds. The second-order valence-electron chi connectivity index (χ2n) is 3.97. The van der Waals surface area contributed by atoms with E-state index in [2.05, 4.69) is 27.2 Å². The largest absolute Gasteiger partial charge is 0.365 e. The number of anilines is 1. The van der Waals surface area contributed by atoms with Crippen molar-refractivity contribution in [1.29, 1.82) is 0 Å². The molecule has 2 heterocycles. The highest BCUT2D eigenvalue weighted by atomic mass is 35.5. The smallest absolute Gasteiger partial charge is 0.148 e. The molecule has 4 nitrogen and oxygen atoms in total. The molecule has 0 saturated carbocycles. The summed E-state index contributed by atoms with van der Waals surface area (Å²) < 4.78 is 0. The second-order valence-corrected chi connectivity index (χ2v) is 4.37. The van der Waals surface area contributed by atoms with Gasteiger partial charge in [0.25, 0.3) is 0 Å². The summed E-state index contributed by atoms with van der Waals surface area (Å²) in [5.41, 5.74) is 0. The van der Waals surface area contributed by atoms with Gasteiger partial charge in [0.2, 0.25) is 0 Å². The third-order valence-corrected chi connectivity index (χ3v) is 2.91. The van der Waals surface area contributed by atoms with E-state index in [4.69, 9.17) is 11.6 Å². The van der Waals surface area contributed by atoms with Crippen LogP contribution < -0.4 is 5.32 Å². The van der Waals surface area contributed by atoms with E-state index in [1.54, 1.807) is 6.20 Å². The van der Waals surface area contributed by atoms with Crippen molar-refractivity contribution in [2.45, 2.75) is 18.9 Å². The van der Waals surface area contributed by atoms with Gasteiger partial charge in [0.1, 0.15) is 17.2 Å². The number of halogens is 1. The number of likely N-dealkylation sites (tertiary alicyclic amines) is 1. The van der Waals surface area contributed by atoms with Crippen molar-refractivity contribution in [3.63, 3.8) is 0 Å². The fourth-order valence-corrected chi connectivity index (χ4v) is 2.06. The Morgan fingerprint density at radius 3 is 3.20 bits per heavy atom. The minimum Gasteiger partial charge on any atom is -0.365 e. The van der Waals surface area contributed by atoms with Gasteiger partial charge in [-0.05, 0) is 26.4 Å². The number of rotatable bonds is 2. The van der Waals surface area contributed by atoms with Crippen molar-refractivity contribution in [1.82, 2.24) is 14.9 Å². The lowest BCUT2D eigenvalue weighted by Crippen LogP contribution is -2.39. The van der Waals surface area contributed by atoms with Crippen LogP contribution in [0.15, 0.2) is 12.5 Å². The summed E-state index contributed by atoms with van der Waals surface area (Å²) in [5, 5.41) is 3.94. The number of hydrogen-bond acceptors (Lipinski definition) is 4. The number of nitrogens with zero attached hydrogens (tertiary/aromatic N) is 3. The van der Waals surface area contributed by atoms with E-state index >= 15 is 0 Å². The molecular weight excluding hydrogens is 212 g/mol. The van der Waals surface area contributed by atoms with Gasteiger partial charge < -0.3 is 10.2 Å². The number of nitrogens with one attached hydrogen (secondary N) is 1. The molecule has 1 aliphatic heterocycles. The van der Waals surface area contributed by atoms with Gasteiger partial charge >= 0.3 is 0 Å². The summed E-state index contributed by atoms with van der Waals surface area (Å²) in [5.74, 6) is 0.743. The predicted molar refractivity (Wildman–Crippen MR) is 61.2 cm³/mol. The maximum Gasteiger partial charge on any atom is 0.148 e. The first-order valence-electron chi connectivity index (χ1n) is 5.16. The molecule has 5 heteroatoms. The summed E-state index contributed by atoms with van der Waals surface area (Å²) in [6.45, 7) is 2.22. The van der Waals surface area contributed by atoms with E-state index in [0.717, 1.165) is 12.4 Å². The molecule has 2 rings (SSSR count). The van der Waals surface area contributed by atoms with Crippen LogP contribution in [0.1, 0.15) is 12.8 Å². The zero-order valence-electron chi connectivity index (χ0n) is 8.78. The fourth-order valence-electron chi connectivity index (χ4n) is 1.90. The van der Waals surface area contributed by atoms with Crippen LogP contribution in [0.25, 0.3) is 0 Å². The first-order chi connectivity index (χ1) is 7.25. The number of hydrogen-bond donors (Lipinski definition) is 1. The summed E-state index contributed by atoms with van der Waals surface area (Å²) in [6.07, 6.45) is 5.52. The number of aromatic nitrogens is 2. The third-order valence-electron chi connectivity index (χ3n) is 2.63. The van der Waals surface area contributed by atoms with Crippen molar-refractivity contribution in [2.24, 2.45) is 0 Å². The Morgan fingerprint density at radius 1 is 1.60 bits per heavy atom. The summed E-state index contributed by atoms with van der Waals surface area (Å²) in [7, 11) is 2.13. The standard InChI is InChI=1S/C10H15ClN4/c1-15-4-2-3-8(6-15)14-10-9(11)5-12-7-13-10/h5,7-8H,2-4,6H2,1H3,(H,12,13,14). The second kappa shape index (κ2) is 4.77. The van der Waals surface area contributed by atoms with E-state index in [1.165, 1.54) is 25.7 Å². The normalized spacial score (nSPS) is 22.7. The highest BCUT2D eigenvalue weighted by Crippen LogP contribution is 2.19. The van der Waals surface area contributed by atoms with Crippen molar-refractivity contribution >= 4 is 17.4 Å². The van der Waals surface area contributed by atoms with Crippen molar-refractivity contribution in [3.8, 4) is 0 Å². The minimum atomic E-state index is 0.441. The zero-order chi connectivity index (χ0) is 10.7. The van der Waals surface area contributed by atoms with Crippen LogP contribution in [0.4, 0.5) is 5.82 Å². The van der Waals surface area contributed by atoms with Crippen LogP contribution >= 0.6 is 11.6 Å². The lowest BCUT2D eigenvalue weighted by atomic mass is 10.1. The molecule has 0 aliphatic carbocycles. The molecule has 1 saturated heterocycles. The van der Waals surface area contributed by atoms with Gasteiger partial charge in [-0.15, -0.1) is 0 Å². The quantitative estimate of drug-likeness (QED) is 0.833. The molecule has 15 heavy (non-hydrogen) atoms. The van der Waals surface area contributed by atoms with Crippen LogP contribution in [-0.2, 0) is 0 Å². The van der Waals surface area contributed by atoms with Gasteiger partial charge in [-0.1, -0.05) is 11.6 Å². The summed E-state index contributed by atoms with van der Waals surface area (Å²) in [4.78, 5) is 10.3. The Bertz CT molecular complexity index is 331. The zero-order valence-corrected chi connectivity index (χ0v) is 9.54. The molecule has 0 aromatic carbocycles. The van der Waals surface area contributed by atoms with Gasteiger partial charge in [0.15, 0.2) is 0 Å². The molecule has 1 aromatic heterocycles. The Hall–Kier alpha value is -0.870. The molecule has 1 fully saturated rings. The Morgan fingerprint density at radius 2 is 2.47 bits per heavy atom. The first-order valence-corrected chi connectivity index (χ1v) is 5.54. The topological polar surface area (TPSA) is 41.0 Å². The number of likely N-dealkylation sites (N-methyl/N-ethyl adjacent to an activating group) is 1. The maximum atomic E-state index is 5.98. The highest BCUT2D eigenvalue weighted by molar-refractivity contribution is 6.32. The van der Waals surface area contributed by atoms with Gasteiger partial charge in [-0.25, -0.2) is 9.97 Å². The van der Waals surface area contributed by atoms with Gasteiger partial charge in [-0.3, -0.25) is 0 Å². The van der Waals surface area contributed by atoms with E-state index in [9.17, 15) is 0 Å². The molecule has 0 spiro atoms. The van der Waals surface area contributed by atoms with E-state index in [-0.39, 0.29) is 0 Å². The van der Waals surface area contributed by atoms with Gasteiger partial charge in [0, 0.05) is 12.6 Å². The van der Waals surface area contributed by atoms with E-state index in [1.807, 2.05) is 0 Å². The Kier molecular flexibility index (Phi) is 3.38. The lowest BCUT2D eigenvalue weighted by Gasteiger charge is -2.30. The maximum absolute atomic E-state index is 5.98. The van der Waals surface area contributed by atoms with Crippen LogP contribution in [0, 0.1) is 0 Å². The Balaban J connectivity index is 1.99. The molecule has 0 bridgehead atoms. The molecule has 1 aliphatic rings. The SMILES string of the molecule is CN1CCCC(Nc2ncncc2Cl)C1. The van der Waals surface area contributed by atoms with Crippen molar-refractivity contribution in [2.75, 3.05) is 25.5 Å². The van der Waals surface area contributed by atoms with Crippen molar-refractivity contribution < 1.29 is 0 Å². The van der Waals surface area contributed by atoms with Crippen LogP contribution in [0.5, 0.6) is 0 Å². The molecule has 1 atom stereocenters. The van der Waals surface area contributed by atoms with Crippen LogP contribution in [-0.4, -0.2) is 41.0 Å². The first kappa shape index (κ1) is 10.6. The Labute approximate surface area is 94.7 Å². The molecule has 0 radical (unpaired) electrons. The summed E-state index contributed by atoms with van der Waals surface area (Å²) in [6, 6.07) is 0.441. The fraction of sp³-hybridized carbons (Fsp3) is 0.600. The number of piperidine rings is 1. The predicted octanol–water partition coefficient (Wildman–Crippen LogP) is 1.64. The average Bonchev–Trinajstić information content (AvgIpc) is 2.22. The minimum absolute atomic E-state index is 0.441. The molecule has 1 aromatic rings. The lowest BCUT2D eigenvalue weighted by molar-refractivity contribution is 0.261. The van der Waals surface area contributed by atoms with Crippen LogP contribution in [0.3, 0.4) is 0 Å². The molecule has 1 unspecified atom stereocenters. The highest BCUT2D eigenvalue weighted by Gasteiger charge is 2.17. The molecular formula is C10H15ClN4. The average molecular weight is 227 g/mol. The van der Waals surface area contributed by atoms with Gasteiger partial charge in [0.05, 0.1) is 6.20 Å². The monoisotopic (exact) mass is 226 g/mol. The van der Waals surface area contributed by atoms with Crippen LogP contribution in [0.2, 0.25) is 5.02 Å². The summed E-state index contributed by atoms with van der Waals surface area (Å²) >= 11 is 5.98.